The molecule has 0 heterocycles. The average Bonchev–Trinajstić information content (AvgIpc) is 2.82. The van der Waals surface area contributed by atoms with E-state index in [2.05, 4.69) is 29.6 Å². The lowest BCUT2D eigenvalue weighted by atomic mass is 9.85. The molecule has 0 aromatic heterocycles. The first kappa shape index (κ1) is 30.2. The third kappa shape index (κ3) is 9.46. The van der Waals surface area contributed by atoms with E-state index in [9.17, 15) is 13.8 Å². The number of hydrogen-bond acceptors (Lipinski definition) is 6. The van der Waals surface area contributed by atoms with Crippen LogP contribution in [-0.4, -0.2) is 104 Å². The van der Waals surface area contributed by atoms with E-state index in [0.29, 0.717) is 29.1 Å². The summed E-state index contributed by atoms with van der Waals surface area (Å²) < 4.78 is 19.8. The third-order valence-electron chi connectivity index (χ3n) is 6.73. The van der Waals surface area contributed by atoms with Crippen molar-refractivity contribution in [2.75, 3.05) is 68.0 Å². The van der Waals surface area contributed by atoms with Gasteiger partial charge in [0.05, 0.1) is 25.1 Å². The van der Waals surface area contributed by atoms with Crippen molar-refractivity contribution in [2.24, 2.45) is 5.92 Å². The minimum atomic E-state index is -1.50. The number of nitrogens with zero attached hydrogens (tertiary/aromatic N) is 3. The van der Waals surface area contributed by atoms with Crippen molar-refractivity contribution in [3.8, 4) is 5.75 Å². The van der Waals surface area contributed by atoms with Crippen LogP contribution in [0.5, 0.6) is 5.75 Å². The van der Waals surface area contributed by atoms with E-state index in [1.165, 1.54) is 4.31 Å². The Morgan fingerprint density at radius 1 is 1.06 bits per heavy atom. The molecule has 10 heteroatoms. The highest BCUT2D eigenvalue weighted by Gasteiger charge is 2.24. The van der Waals surface area contributed by atoms with Crippen LogP contribution in [0.3, 0.4) is 0 Å². The Kier molecular flexibility index (Phi) is 12.3. The number of rotatable bonds is 13. The summed E-state index contributed by atoms with van der Waals surface area (Å²) in [5.41, 5.74) is 1.68. The molecule has 204 valence electrons. The Morgan fingerprint density at radius 2 is 1.67 bits per heavy atom. The fraction of sp³-hybridized carbons (Fsp3) is 0.692. The Bertz CT molecular complexity index is 879. The van der Waals surface area contributed by atoms with Crippen LogP contribution in [-0.2, 0) is 20.6 Å². The predicted molar refractivity (Wildman–Crippen MR) is 144 cm³/mol. The zero-order valence-corrected chi connectivity index (χ0v) is 23.9. The van der Waals surface area contributed by atoms with Gasteiger partial charge in [-0.1, -0.05) is 0 Å². The van der Waals surface area contributed by atoms with Crippen LogP contribution in [0, 0.1) is 19.8 Å². The molecule has 0 spiro atoms. The van der Waals surface area contributed by atoms with Crippen molar-refractivity contribution in [3.63, 3.8) is 0 Å². The minimum Gasteiger partial charge on any atom is -0.497 e. The van der Waals surface area contributed by atoms with Crippen LogP contribution < -0.4 is 15.4 Å². The summed E-state index contributed by atoms with van der Waals surface area (Å²) in [7, 11) is 7.69. The van der Waals surface area contributed by atoms with Crippen molar-refractivity contribution < 1.29 is 18.5 Å². The molecule has 1 fully saturated rings. The summed E-state index contributed by atoms with van der Waals surface area (Å²) in [6.07, 6.45) is 4.47. The molecule has 0 aliphatic heterocycles. The molecule has 9 nitrogen and oxygen atoms in total. The van der Waals surface area contributed by atoms with E-state index in [1.54, 1.807) is 26.1 Å². The van der Waals surface area contributed by atoms with E-state index in [4.69, 9.17) is 4.74 Å². The fourth-order valence-corrected chi connectivity index (χ4v) is 5.83. The predicted octanol–water partition coefficient (Wildman–Crippen LogP) is 1.55. The van der Waals surface area contributed by atoms with Gasteiger partial charge in [-0.05, 0) is 82.8 Å². The summed E-state index contributed by atoms with van der Waals surface area (Å²) in [6.45, 7) is 6.37. The summed E-state index contributed by atoms with van der Waals surface area (Å²) in [4.78, 5) is 29.6. The zero-order valence-electron chi connectivity index (χ0n) is 23.1. The molecule has 0 radical (unpaired) electrons. The fourth-order valence-electron chi connectivity index (χ4n) is 4.62. The topological polar surface area (TPSA) is 94.2 Å². The van der Waals surface area contributed by atoms with Crippen molar-refractivity contribution in [1.29, 1.82) is 0 Å². The number of ether oxygens (including phenoxy) is 1. The highest BCUT2D eigenvalue weighted by atomic mass is 32.2. The first-order valence-corrected chi connectivity index (χ1v) is 13.8. The number of carbonyl (C=O) groups excluding carboxylic acids is 2. The molecule has 2 amide bonds. The van der Waals surface area contributed by atoms with Gasteiger partial charge in [-0.3, -0.25) is 9.59 Å². The van der Waals surface area contributed by atoms with Crippen molar-refractivity contribution >= 4 is 22.8 Å². The largest absolute Gasteiger partial charge is 0.497 e. The Labute approximate surface area is 219 Å². The molecular weight excluding hydrogens is 478 g/mol. The lowest BCUT2D eigenvalue weighted by molar-refractivity contribution is -0.132. The van der Waals surface area contributed by atoms with Crippen LogP contribution >= 0.6 is 0 Å². The van der Waals surface area contributed by atoms with Crippen LogP contribution in [0.1, 0.15) is 36.8 Å². The quantitative estimate of drug-likeness (QED) is 0.408. The van der Waals surface area contributed by atoms with Crippen molar-refractivity contribution in [3.05, 3.63) is 23.3 Å². The maximum atomic E-state index is 13.0. The smallest absolute Gasteiger partial charge is 0.241 e. The van der Waals surface area contributed by atoms with Crippen LogP contribution in [0.15, 0.2) is 17.0 Å². The lowest BCUT2D eigenvalue weighted by Crippen LogP contribution is -2.44. The Morgan fingerprint density at radius 3 is 2.22 bits per heavy atom. The van der Waals surface area contributed by atoms with Crippen molar-refractivity contribution in [1.82, 2.24) is 24.7 Å². The Hall–Kier alpha value is -2.01. The van der Waals surface area contributed by atoms with Gasteiger partial charge < -0.3 is 25.2 Å². The monoisotopic (exact) mass is 523 g/mol. The van der Waals surface area contributed by atoms with E-state index in [0.717, 1.165) is 49.9 Å². The molecular formula is C26H45N5O4S. The molecule has 2 N–H and O–H groups in total. The molecule has 1 aromatic rings. The molecule has 1 saturated carbocycles. The van der Waals surface area contributed by atoms with E-state index >= 15 is 0 Å². The molecule has 1 aliphatic rings. The standard InChI is InChI=1S/C26H45N5O4S/c1-19-14-23(35-7)15-20(2)26(19)36(34)31(6)18-24(32)28-16-25(33)30(5)17-21-8-10-22(11-9-21)27-12-13-29(3)4/h14-15,21-22,27H,8-13,16-18H2,1-7H3,(H,28,32). The SMILES string of the molecule is COc1cc(C)c(S(=O)N(C)CC(=O)NCC(=O)N(C)CC2CCC(NCCN(C)C)CC2)c(C)c1. The van der Waals surface area contributed by atoms with Crippen molar-refractivity contribution in [2.45, 2.75) is 50.5 Å². The van der Waals surface area contributed by atoms with E-state index < -0.39 is 11.0 Å². The summed E-state index contributed by atoms with van der Waals surface area (Å²) >= 11 is 0. The molecule has 1 unspecified atom stereocenters. The zero-order chi connectivity index (χ0) is 26.8. The number of nitrogens with one attached hydrogen (secondary N) is 2. The highest BCUT2D eigenvalue weighted by molar-refractivity contribution is 7.82. The van der Waals surface area contributed by atoms with Gasteiger partial charge in [-0.15, -0.1) is 0 Å². The number of hydrogen-bond donors (Lipinski definition) is 2. The highest BCUT2D eigenvalue weighted by Crippen LogP contribution is 2.26. The van der Waals surface area contributed by atoms with Crippen LogP contribution in [0.25, 0.3) is 0 Å². The molecule has 1 aliphatic carbocycles. The van der Waals surface area contributed by atoms with Gasteiger partial charge in [0.2, 0.25) is 11.8 Å². The summed E-state index contributed by atoms with van der Waals surface area (Å²) in [5, 5.41) is 6.31. The molecule has 0 bridgehead atoms. The number of aryl methyl sites for hydroxylation is 2. The maximum absolute atomic E-state index is 13.0. The van der Waals surface area contributed by atoms with Gasteiger partial charge in [0, 0.05) is 39.8 Å². The number of carbonyl (C=O) groups is 2. The van der Waals surface area contributed by atoms with E-state index in [1.807, 2.05) is 26.0 Å². The maximum Gasteiger partial charge on any atom is 0.241 e. The number of methoxy groups -OCH3 is 1. The first-order chi connectivity index (χ1) is 17.0. The second-order valence-electron chi connectivity index (χ2n) is 10.2. The second kappa shape index (κ2) is 14.7. The van der Waals surface area contributed by atoms with Gasteiger partial charge in [0.15, 0.2) is 0 Å². The van der Waals surface area contributed by atoms with Crippen LogP contribution in [0.2, 0.25) is 0 Å². The van der Waals surface area contributed by atoms with E-state index in [-0.39, 0.29) is 24.9 Å². The lowest BCUT2D eigenvalue weighted by Gasteiger charge is -2.32. The number of likely N-dealkylation sites (N-methyl/N-ethyl adjacent to an activating group) is 3. The third-order valence-corrected chi connectivity index (χ3v) is 8.42. The molecule has 1 aromatic carbocycles. The molecule has 2 rings (SSSR count). The molecule has 36 heavy (non-hydrogen) atoms. The molecule has 0 saturated heterocycles. The average molecular weight is 524 g/mol. The second-order valence-corrected chi connectivity index (χ2v) is 11.7. The van der Waals surface area contributed by atoms with Gasteiger partial charge >= 0.3 is 0 Å². The van der Waals surface area contributed by atoms with Gasteiger partial charge in [-0.25, -0.2) is 8.51 Å². The van der Waals surface area contributed by atoms with Gasteiger partial charge in [-0.2, -0.15) is 0 Å². The number of amides is 2. The normalized spacial score (nSPS) is 18.8. The van der Waals surface area contributed by atoms with Gasteiger partial charge in [0.25, 0.3) is 0 Å². The first-order valence-electron chi connectivity index (χ1n) is 12.7. The summed E-state index contributed by atoms with van der Waals surface area (Å²) in [5.74, 6) is 0.755. The molecule has 1 atom stereocenters. The number of benzene rings is 1. The minimum absolute atomic E-state index is 0.0577. The Balaban J connectivity index is 1.73. The summed E-state index contributed by atoms with van der Waals surface area (Å²) in [6, 6.07) is 4.22. The van der Waals surface area contributed by atoms with Gasteiger partial charge in [0.1, 0.15) is 16.7 Å². The van der Waals surface area contributed by atoms with Crippen LogP contribution in [0.4, 0.5) is 0 Å².